The molecule has 2 aromatic rings. The molecule has 3 unspecified atom stereocenters. The average Bonchev–Trinajstić information content (AvgIpc) is 3.41. The molecule has 2 aliphatic rings. The van der Waals surface area contributed by atoms with Gasteiger partial charge < -0.3 is 25.0 Å². The first-order chi connectivity index (χ1) is 21.1. The van der Waals surface area contributed by atoms with E-state index in [0.717, 1.165) is 45.3 Å². The Bertz CT molecular complexity index is 1250. The number of ether oxygens (including phenoxy) is 1. The number of carboxylic acid groups (broad SMARTS) is 1. The number of hydrogen-bond acceptors (Lipinski definition) is 7. The molecule has 1 aliphatic carbocycles. The van der Waals surface area contributed by atoms with Gasteiger partial charge in [0.25, 0.3) is 5.69 Å². The molecule has 2 aromatic carbocycles. The third-order valence-electron chi connectivity index (χ3n) is 8.92. The topological polar surface area (TPSA) is 125 Å². The van der Waals surface area contributed by atoms with E-state index in [9.17, 15) is 24.8 Å². The second-order valence-electron chi connectivity index (χ2n) is 12.6. The number of rotatable bonds is 14. The zero-order valence-electron chi connectivity index (χ0n) is 25.8. The Hall–Kier alpha value is -3.76. The number of benzene rings is 2. The molecule has 1 aliphatic heterocycles. The van der Waals surface area contributed by atoms with Crippen LogP contribution in [0.25, 0.3) is 0 Å². The molecule has 1 heterocycles. The number of aliphatic carboxylic acids is 1. The van der Waals surface area contributed by atoms with E-state index in [1.54, 1.807) is 23.1 Å². The smallest absolute Gasteiger partial charge is 0.410 e. The number of carbonyl (C=O) groups is 2. The predicted molar refractivity (Wildman–Crippen MR) is 169 cm³/mol. The molecule has 0 radical (unpaired) electrons. The predicted octanol–water partition coefficient (Wildman–Crippen LogP) is 5.84. The number of nitrogens with zero attached hydrogens (tertiary/aromatic N) is 3. The van der Waals surface area contributed by atoms with Gasteiger partial charge in [0.15, 0.2) is 0 Å². The van der Waals surface area contributed by atoms with Gasteiger partial charge in [-0.2, -0.15) is 0 Å². The molecule has 238 valence electrons. The van der Waals surface area contributed by atoms with Gasteiger partial charge in [0.05, 0.1) is 4.92 Å². The van der Waals surface area contributed by atoms with Gasteiger partial charge in [-0.1, -0.05) is 50.3 Å². The number of nitro groups is 1. The number of carbonyl (C=O) groups excluding carboxylic acids is 1. The average molecular weight is 607 g/mol. The highest BCUT2D eigenvalue weighted by atomic mass is 16.6. The third-order valence-corrected chi connectivity index (χ3v) is 8.92. The summed E-state index contributed by atoms with van der Waals surface area (Å²) < 4.78 is 5.59. The summed E-state index contributed by atoms with van der Waals surface area (Å²) >= 11 is 0. The van der Waals surface area contributed by atoms with Gasteiger partial charge in [0.1, 0.15) is 12.6 Å². The summed E-state index contributed by atoms with van der Waals surface area (Å²) in [7, 11) is 0. The summed E-state index contributed by atoms with van der Waals surface area (Å²) in [5.41, 5.74) is 1.99. The fourth-order valence-corrected chi connectivity index (χ4v) is 6.77. The van der Waals surface area contributed by atoms with E-state index >= 15 is 0 Å². The standard InChI is InChI=1S/C34H46N4O6/c1-4-16-37(34(41)44-23-25-10-12-30(13-11-25)38(42)43)29-14-17-36(18-15-29)22-27-20-28(35-32(33(39)40)19-24(2)3)21-31(27)26-8-6-5-7-9-26/h4-13,24,27-29,31-32,35H,1,14-23H2,2-3H3,(H,39,40)/t27?,28?,31?,32-/m0/s1. The van der Waals surface area contributed by atoms with Gasteiger partial charge >= 0.3 is 12.1 Å². The van der Waals surface area contributed by atoms with Crippen molar-refractivity contribution in [2.45, 2.75) is 76.6 Å². The van der Waals surface area contributed by atoms with Crippen molar-refractivity contribution >= 4 is 17.7 Å². The molecule has 1 amide bonds. The Balaban J connectivity index is 1.34. The van der Waals surface area contributed by atoms with Crippen LogP contribution in [0.15, 0.2) is 67.3 Å². The molecule has 4 atom stereocenters. The summed E-state index contributed by atoms with van der Waals surface area (Å²) in [6.45, 7) is 11.0. The van der Waals surface area contributed by atoms with Crippen LogP contribution in [0.1, 0.15) is 63.0 Å². The van der Waals surface area contributed by atoms with E-state index in [0.29, 0.717) is 36.3 Å². The fraction of sp³-hybridized carbons (Fsp3) is 0.529. The van der Waals surface area contributed by atoms with Gasteiger partial charge in [-0.25, -0.2) is 4.79 Å². The van der Waals surface area contributed by atoms with Gasteiger partial charge in [0, 0.05) is 50.4 Å². The minimum Gasteiger partial charge on any atom is -0.480 e. The maximum absolute atomic E-state index is 13.1. The van der Waals surface area contributed by atoms with E-state index in [1.165, 1.54) is 17.7 Å². The Labute approximate surface area is 260 Å². The lowest BCUT2D eigenvalue weighted by Gasteiger charge is -2.39. The van der Waals surface area contributed by atoms with E-state index in [4.69, 9.17) is 4.74 Å². The lowest BCUT2D eigenvalue weighted by Crippen LogP contribution is -2.48. The van der Waals surface area contributed by atoms with Crippen LogP contribution < -0.4 is 5.32 Å². The molecule has 10 nitrogen and oxygen atoms in total. The molecule has 2 fully saturated rings. The van der Waals surface area contributed by atoms with Crippen LogP contribution in [0.3, 0.4) is 0 Å². The summed E-state index contributed by atoms with van der Waals surface area (Å²) in [5, 5.41) is 24.2. The van der Waals surface area contributed by atoms with Crippen molar-refractivity contribution < 1.29 is 24.4 Å². The molecule has 44 heavy (non-hydrogen) atoms. The Kier molecular flexibility index (Phi) is 11.9. The van der Waals surface area contributed by atoms with Crippen molar-refractivity contribution in [2.75, 3.05) is 26.2 Å². The van der Waals surface area contributed by atoms with Crippen molar-refractivity contribution in [1.29, 1.82) is 0 Å². The number of non-ortho nitro benzene ring substituents is 1. The summed E-state index contributed by atoms with van der Waals surface area (Å²) in [5.74, 6) is 0.269. The van der Waals surface area contributed by atoms with Crippen molar-refractivity contribution in [1.82, 2.24) is 15.1 Å². The second kappa shape index (κ2) is 15.8. The summed E-state index contributed by atoms with van der Waals surface area (Å²) in [6.07, 6.45) is 5.39. The van der Waals surface area contributed by atoms with Gasteiger partial charge in [-0.3, -0.25) is 14.9 Å². The summed E-state index contributed by atoms with van der Waals surface area (Å²) in [4.78, 5) is 39.7. The van der Waals surface area contributed by atoms with Crippen molar-refractivity contribution in [3.63, 3.8) is 0 Å². The molecular formula is C34H46N4O6. The van der Waals surface area contributed by atoms with E-state index in [2.05, 4.69) is 54.9 Å². The maximum atomic E-state index is 13.1. The molecular weight excluding hydrogens is 560 g/mol. The first kappa shape index (κ1) is 33.1. The van der Waals surface area contributed by atoms with Crippen LogP contribution >= 0.6 is 0 Å². The van der Waals surface area contributed by atoms with Crippen LogP contribution in [-0.4, -0.2) is 76.2 Å². The molecule has 4 rings (SSSR count). The third kappa shape index (κ3) is 9.12. The van der Waals surface area contributed by atoms with Crippen molar-refractivity contribution in [2.24, 2.45) is 11.8 Å². The van der Waals surface area contributed by atoms with Gasteiger partial charge in [0.2, 0.25) is 0 Å². The van der Waals surface area contributed by atoms with Crippen LogP contribution in [-0.2, 0) is 16.1 Å². The van der Waals surface area contributed by atoms with Crippen molar-refractivity contribution in [3.8, 4) is 0 Å². The quantitative estimate of drug-likeness (QED) is 0.156. The largest absolute Gasteiger partial charge is 0.480 e. The molecule has 2 N–H and O–H groups in total. The minimum atomic E-state index is -0.782. The number of nitrogens with one attached hydrogen (secondary N) is 1. The highest BCUT2D eigenvalue weighted by molar-refractivity contribution is 5.73. The van der Waals surface area contributed by atoms with Crippen LogP contribution in [0.5, 0.6) is 0 Å². The Morgan fingerprint density at radius 3 is 2.41 bits per heavy atom. The van der Waals surface area contributed by atoms with Gasteiger partial charge in [-0.15, -0.1) is 6.58 Å². The molecule has 0 bridgehead atoms. The van der Waals surface area contributed by atoms with Gasteiger partial charge in [-0.05, 0) is 73.1 Å². The number of carboxylic acids is 1. The lowest BCUT2D eigenvalue weighted by molar-refractivity contribution is -0.384. The SMILES string of the molecule is C=CCN(C(=O)OCc1ccc([N+](=O)[O-])cc1)C1CCN(CC2CC(N[C@@H](CC(C)C)C(=O)O)CC2c2ccccc2)CC1. The van der Waals surface area contributed by atoms with Crippen LogP contribution in [0.4, 0.5) is 10.5 Å². The highest BCUT2D eigenvalue weighted by Crippen LogP contribution is 2.41. The first-order valence-corrected chi connectivity index (χ1v) is 15.7. The zero-order chi connectivity index (χ0) is 31.6. The normalized spacial score (nSPS) is 21.6. The monoisotopic (exact) mass is 606 g/mol. The Morgan fingerprint density at radius 1 is 1.14 bits per heavy atom. The first-order valence-electron chi connectivity index (χ1n) is 15.7. The highest BCUT2D eigenvalue weighted by Gasteiger charge is 2.39. The second-order valence-corrected chi connectivity index (χ2v) is 12.6. The fourth-order valence-electron chi connectivity index (χ4n) is 6.77. The van der Waals surface area contributed by atoms with E-state index < -0.39 is 23.0 Å². The number of likely N-dealkylation sites (tertiary alicyclic amines) is 1. The Morgan fingerprint density at radius 2 is 1.82 bits per heavy atom. The molecule has 1 saturated heterocycles. The molecule has 10 heteroatoms. The number of hydrogen-bond donors (Lipinski definition) is 2. The van der Waals surface area contributed by atoms with E-state index in [-0.39, 0.29) is 24.4 Å². The van der Waals surface area contributed by atoms with Crippen molar-refractivity contribution in [3.05, 3.63) is 88.5 Å². The molecule has 0 spiro atoms. The molecule has 0 aromatic heterocycles. The number of nitro benzene ring substituents is 1. The van der Waals surface area contributed by atoms with Crippen LogP contribution in [0.2, 0.25) is 0 Å². The van der Waals surface area contributed by atoms with Crippen LogP contribution in [0, 0.1) is 22.0 Å². The number of amides is 1. The maximum Gasteiger partial charge on any atom is 0.410 e. The number of piperidine rings is 1. The molecule has 1 saturated carbocycles. The summed E-state index contributed by atoms with van der Waals surface area (Å²) in [6, 6.07) is 16.2. The minimum absolute atomic E-state index is 0.00446. The zero-order valence-corrected chi connectivity index (χ0v) is 25.8. The lowest BCUT2D eigenvalue weighted by atomic mass is 9.88. The van der Waals surface area contributed by atoms with E-state index in [1.807, 2.05) is 6.07 Å².